The molecule has 0 heterocycles. The summed E-state index contributed by atoms with van der Waals surface area (Å²) in [4.78, 5) is -0.683. The Morgan fingerprint density at radius 2 is 1.32 bits per heavy atom. The summed E-state index contributed by atoms with van der Waals surface area (Å²) >= 11 is 0. The van der Waals surface area contributed by atoms with Crippen LogP contribution in [0, 0.1) is 0 Å². The van der Waals surface area contributed by atoms with E-state index in [9.17, 15) is 13.5 Å². The normalized spacial score (nSPS) is 11.2. The summed E-state index contributed by atoms with van der Waals surface area (Å²) in [6.45, 7) is 2.25. The van der Waals surface area contributed by atoms with Crippen LogP contribution >= 0.6 is 0 Å². The van der Waals surface area contributed by atoms with Gasteiger partial charge in [0.1, 0.15) is 11.5 Å². The minimum atomic E-state index is -4.57. The number of aryl methyl sites for hydroxylation is 1. The fourth-order valence-corrected chi connectivity index (χ4v) is 4.02. The molecule has 0 aliphatic rings. The van der Waals surface area contributed by atoms with E-state index in [1.54, 1.807) is 0 Å². The van der Waals surface area contributed by atoms with Crippen molar-refractivity contribution in [3.63, 3.8) is 0 Å². The van der Waals surface area contributed by atoms with Gasteiger partial charge in [0.05, 0.1) is 4.90 Å². The van der Waals surface area contributed by atoms with Crippen LogP contribution < -0.4 is 39.4 Å². The van der Waals surface area contributed by atoms with Crippen molar-refractivity contribution in [2.75, 3.05) is 0 Å². The van der Waals surface area contributed by atoms with Crippen LogP contribution in [0.25, 0.3) is 0 Å². The first-order valence-corrected chi connectivity index (χ1v) is 12.4. The van der Waals surface area contributed by atoms with E-state index in [0.717, 1.165) is 18.6 Å². The molecule has 7 heteroatoms. The number of rotatable bonds is 14. The standard InChI is InChI=1S/C24H34O5S.Na/c1-2-3-4-5-6-7-8-9-10-11-12-20-13-15-21(16-14-20)29-22-17-18-23(25)24(19-22)30(26,27)28;/h13-19,25H,2-12H2,1H3,(H,26,27,28);/q;+1/p-1. The first-order valence-electron chi connectivity index (χ1n) is 11.0. The Bertz CT molecular complexity index is 866. The topological polar surface area (TPSA) is 86.7 Å². The molecule has 0 amide bonds. The van der Waals surface area contributed by atoms with Crippen LogP contribution in [0.3, 0.4) is 0 Å². The molecular weight excluding hydrogens is 423 g/mol. The molecule has 0 fully saturated rings. The second-order valence-electron chi connectivity index (χ2n) is 7.76. The quantitative estimate of drug-likeness (QED) is 0.268. The van der Waals surface area contributed by atoms with Crippen LogP contribution in [-0.4, -0.2) is 13.0 Å². The van der Waals surface area contributed by atoms with Crippen molar-refractivity contribution in [1.29, 1.82) is 0 Å². The van der Waals surface area contributed by atoms with Gasteiger partial charge in [0.15, 0.2) is 0 Å². The molecule has 0 unspecified atom stereocenters. The van der Waals surface area contributed by atoms with E-state index >= 15 is 0 Å². The van der Waals surface area contributed by atoms with Gasteiger partial charge in [0.2, 0.25) is 0 Å². The van der Waals surface area contributed by atoms with Gasteiger partial charge in [-0.3, -0.25) is 4.55 Å². The van der Waals surface area contributed by atoms with E-state index in [2.05, 4.69) is 6.92 Å². The maximum Gasteiger partial charge on any atom is 1.00 e. The van der Waals surface area contributed by atoms with Gasteiger partial charge in [-0.1, -0.05) is 88.7 Å². The number of hydrogen-bond acceptors (Lipinski definition) is 4. The average molecular weight is 457 g/mol. The van der Waals surface area contributed by atoms with Gasteiger partial charge in [-0.05, 0) is 36.6 Å². The first-order chi connectivity index (χ1) is 14.4. The molecule has 5 nitrogen and oxygen atoms in total. The van der Waals surface area contributed by atoms with Crippen molar-refractivity contribution in [3.8, 4) is 17.2 Å². The summed E-state index contributed by atoms with van der Waals surface area (Å²) in [6, 6.07) is 11.1. The number of benzene rings is 2. The van der Waals surface area contributed by atoms with Crippen molar-refractivity contribution in [2.24, 2.45) is 0 Å². The van der Waals surface area contributed by atoms with Crippen molar-refractivity contribution in [1.82, 2.24) is 0 Å². The first kappa shape index (κ1) is 28.0. The Balaban J connectivity index is 0.00000480. The SMILES string of the molecule is CCCCCCCCCCCCc1ccc(Oc2ccc([O-])c(S(=O)(=O)O)c2)cc1.[Na+]. The third-order valence-electron chi connectivity index (χ3n) is 5.17. The zero-order valence-corrected chi connectivity index (χ0v) is 21.6. The molecule has 0 aromatic heterocycles. The zero-order valence-electron chi connectivity index (χ0n) is 18.8. The van der Waals surface area contributed by atoms with Gasteiger partial charge in [-0.25, -0.2) is 0 Å². The third-order valence-corrected chi connectivity index (χ3v) is 6.05. The van der Waals surface area contributed by atoms with Crippen LogP contribution in [0.15, 0.2) is 47.4 Å². The van der Waals surface area contributed by atoms with E-state index in [4.69, 9.17) is 9.29 Å². The van der Waals surface area contributed by atoms with Crippen molar-refractivity contribution in [2.45, 2.75) is 82.4 Å². The molecule has 0 atom stereocenters. The van der Waals surface area contributed by atoms with Gasteiger partial charge in [-0.15, -0.1) is 0 Å². The monoisotopic (exact) mass is 456 g/mol. The van der Waals surface area contributed by atoms with Crippen molar-refractivity contribution < 1.29 is 52.4 Å². The largest absolute Gasteiger partial charge is 1.00 e. The predicted octanol–water partition coefficient (Wildman–Crippen LogP) is 3.27. The van der Waals surface area contributed by atoms with Crippen LogP contribution in [0.1, 0.15) is 76.7 Å². The second kappa shape index (κ2) is 14.9. The number of hydrogen-bond donors (Lipinski definition) is 1. The third kappa shape index (κ3) is 10.9. The van der Waals surface area contributed by atoms with Crippen molar-refractivity contribution in [3.05, 3.63) is 48.0 Å². The zero-order chi connectivity index (χ0) is 21.8. The minimum absolute atomic E-state index is 0. The molecule has 2 aromatic rings. The van der Waals surface area contributed by atoms with Gasteiger partial charge in [0.25, 0.3) is 10.1 Å². The van der Waals surface area contributed by atoms with Crippen LogP contribution in [-0.2, 0) is 16.5 Å². The van der Waals surface area contributed by atoms with Crippen molar-refractivity contribution >= 4 is 10.1 Å². The van der Waals surface area contributed by atoms with E-state index in [1.165, 1.54) is 75.8 Å². The maximum atomic E-state index is 11.6. The van der Waals surface area contributed by atoms with Crippen LogP contribution in [0.4, 0.5) is 0 Å². The van der Waals surface area contributed by atoms with E-state index < -0.39 is 20.8 Å². The molecule has 0 radical (unpaired) electrons. The summed E-state index contributed by atoms with van der Waals surface area (Å²) < 4.78 is 37.2. The van der Waals surface area contributed by atoms with Gasteiger partial charge in [0, 0.05) is 6.07 Å². The molecule has 2 rings (SSSR count). The van der Waals surface area contributed by atoms with E-state index in [-0.39, 0.29) is 35.3 Å². The van der Waals surface area contributed by atoms with Crippen LogP contribution in [0.5, 0.6) is 17.2 Å². The molecule has 0 saturated carbocycles. The fourth-order valence-electron chi connectivity index (χ4n) is 3.43. The molecule has 2 aromatic carbocycles. The predicted molar refractivity (Wildman–Crippen MR) is 118 cm³/mol. The maximum absolute atomic E-state index is 11.6. The molecule has 0 spiro atoms. The number of ether oxygens (including phenoxy) is 1. The van der Waals surface area contributed by atoms with E-state index in [1.807, 2.05) is 24.3 Å². The Kier molecular flexibility index (Phi) is 13.5. The number of unbranched alkanes of at least 4 members (excludes halogenated alkanes) is 9. The summed E-state index contributed by atoms with van der Waals surface area (Å²) in [7, 11) is -4.57. The van der Waals surface area contributed by atoms with Crippen LogP contribution in [0.2, 0.25) is 0 Å². The smallest absolute Gasteiger partial charge is 0.872 e. The Hall–Kier alpha value is -1.05. The average Bonchev–Trinajstić information content (AvgIpc) is 2.71. The molecule has 1 N–H and O–H groups in total. The van der Waals surface area contributed by atoms with Gasteiger partial charge >= 0.3 is 29.6 Å². The molecule has 166 valence electrons. The van der Waals surface area contributed by atoms with E-state index in [0.29, 0.717) is 5.75 Å². The minimum Gasteiger partial charge on any atom is -0.872 e. The molecule has 31 heavy (non-hydrogen) atoms. The Morgan fingerprint density at radius 1 is 0.806 bits per heavy atom. The summed E-state index contributed by atoms with van der Waals surface area (Å²) in [5, 5.41) is 11.6. The molecule has 0 saturated heterocycles. The summed E-state index contributed by atoms with van der Waals surface area (Å²) in [5.41, 5.74) is 1.23. The Labute approximate surface area is 209 Å². The molecule has 0 aliphatic heterocycles. The molecule has 0 aliphatic carbocycles. The molecule has 0 bridgehead atoms. The summed E-state index contributed by atoms with van der Waals surface area (Å²) in [5.74, 6) is -0.0388. The fraction of sp³-hybridized carbons (Fsp3) is 0.500. The van der Waals surface area contributed by atoms with Gasteiger partial charge in [-0.2, -0.15) is 8.42 Å². The van der Waals surface area contributed by atoms with Gasteiger partial charge < -0.3 is 9.84 Å². The molecular formula is C24H33NaO5S. The Morgan fingerprint density at radius 3 is 1.87 bits per heavy atom. The second-order valence-corrected chi connectivity index (χ2v) is 9.15. The summed E-state index contributed by atoms with van der Waals surface area (Å²) in [6.07, 6.45) is 14.2.